The summed E-state index contributed by atoms with van der Waals surface area (Å²) < 4.78 is 10.9. The van der Waals surface area contributed by atoms with Gasteiger partial charge < -0.3 is 9.47 Å². The number of allylic oxidation sites excluding steroid dienone is 1. The maximum atomic E-state index is 10.6. The largest absolute Gasteiger partial charge is 0.493 e. The van der Waals surface area contributed by atoms with Crippen LogP contribution in [0.15, 0.2) is 23.9 Å². The van der Waals surface area contributed by atoms with Crippen LogP contribution in [0.4, 0.5) is 0 Å². The third-order valence-corrected chi connectivity index (χ3v) is 2.42. The van der Waals surface area contributed by atoms with Crippen molar-refractivity contribution in [3.05, 3.63) is 39.6 Å². The zero-order chi connectivity index (χ0) is 14.4. The van der Waals surface area contributed by atoms with Gasteiger partial charge in [-0.2, -0.15) is 0 Å². The summed E-state index contributed by atoms with van der Waals surface area (Å²) in [6, 6.07) is 5.25. The van der Waals surface area contributed by atoms with E-state index in [1.807, 2.05) is 13.8 Å². The van der Waals surface area contributed by atoms with Crippen LogP contribution in [0.2, 0.25) is 0 Å². The highest BCUT2D eigenvalue weighted by Gasteiger charge is 2.08. The van der Waals surface area contributed by atoms with Gasteiger partial charge in [0, 0.05) is 13.0 Å². The summed E-state index contributed by atoms with van der Waals surface area (Å²) >= 11 is 0. The Kier molecular flexibility index (Phi) is 5.36. The standard InChI is InChI=1S/C14H19NO4/c1-10(2)9-19-14-8-12(5-6-13(14)18-4)7-11(3)15(16)17/h5-8,10H,9H2,1-4H3/b11-7+. The predicted molar refractivity (Wildman–Crippen MR) is 74.0 cm³/mol. The van der Waals surface area contributed by atoms with Gasteiger partial charge in [0.1, 0.15) is 0 Å². The van der Waals surface area contributed by atoms with Crippen LogP contribution in [0, 0.1) is 16.0 Å². The van der Waals surface area contributed by atoms with Gasteiger partial charge in [0.15, 0.2) is 11.5 Å². The van der Waals surface area contributed by atoms with Crippen LogP contribution in [0.3, 0.4) is 0 Å². The van der Waals surface area contributed by atoms with Crippen molar-refractivity contribution < 1.29 is 14.4 Å². The lowest BCUT2D eigenvalue weighted by Crippen LogP contribution is -2.05. The highest BCUT2D eigenvalue weighted by molar-refractivity contribution is 5.56. The van der Waals surface area contributed by atoms with Crippen LogP contribution in [0.5, 0.6) is 11.5 Å². The van der Waals surface area contributed by atoms with E-state index < -0.39 is 4.92 Å². The van der Waals surface area contributed by atoms with Gasteiger partial charge in [0.05, 0.1) is 18.6 Å². The Hall–Kier alpha value is -2.04. The first-order chi connectivity index (χ1) is 8.93. The number of ether oxygens (including phenoxy) is 2. The number of rotatable bonds is 6. The van der Waals surface area contributed by atoms with Gasteiger partial charge in [-0.3, -0.25) is 10.1 Å². The van der Waals surface area contributed by atoms with Crippen molar-refractivity contribution in [3.8, 4) is 11.5 Å². The zero-order valence-electron chi connectivity index (χ0n) is 11.7. The fourth-order valence-corrected chi connectivity index (χ4v) is 1.45. The molecule has 0 N–H and O–H groups in total. The van der Waals surface area contributed by atoms with Gasteiger partial charge in [-0.1, -0.05) is 19.9 Å². The summed E-state index contributed by atoms with van der Waals surface area (Å²) in [4.78, 5) is 10.2. The first kappa shape index (κ1) is 15.0. The van der Waals surface area contributed by atoms with E-state index in [1.165, 1.54) is 13.0 Å². The molecule has 0 saturated heterocycles. The maximum absolute atomic E-state index is 10.6. The van der Waals surface area contributed by atoms with Crippen molar-refractivity contribution in [3.63, 3.8) is 0 Å². The molecule has 0 unspecified atom stereocenters. The van der Waals surface area contributed by atoms with Crippen molar-refractivity contribution in [1.82, 2.24) is 0 Å². The molecule has 0 bridgehead atoms. The summed E-state index contributed by atoms with van der Waals surface area (Å²) in [5, 5.41) is 10.6. The van der Waals surface area contributed by atoms with Gasteiger partial charge >= 0.3 is 0 Å². The summed E-state index contributed by atoms with van der Waals surface area (Å²) in [7, 11) is 1.56. The number of benzene rings is 1. The molecular formula is C14H19NO4. The minimum atomic E-state index is -0.418. The Morgan fingerprint density at radius 2 is 2.11 bits per heavy atom. The molecule has 1 aromatic carbocycles. The molecule has 5 heteroatoms. The van der Waals surface area contributed by atoms with Crippen molar-refractivity contribution in [1.29, 1.82) is 0 Å². The summed E-state index contributed by atoms with van der Waals surface area (Å²) in [5.41, 5.74) is 0.800. The molecule has 0 aliphatic rings. The van der Waals surface area contributed by atoms with E-state index in [-0.39, 0.29) is 5.70 Å². The smallest absolute Gasteiger partial charge is 0.243 e. The lowest BCUT2D eigenvalue weighted by molar-refractivity contribution is -0.422. The number of nitro groups is 1. The average molecular weight is 265 g/mol. The van der Waals surface area contributed by atoms with E-state index in [1.54, 1.807) is 25.3 Å². The van der Waals surface area contributed by atoms with Crippen LogP contribution >= 0.6 is 0 Å². The topological polar surface area (TPSA) is 61.6 Å². The van der Waals surface area contributed by atoms with E-state index >= 15 is 0 Å². The molecule has 0 spiro atoms. The van der Waals surface area contributed by atoms with Gasteiger partial charge in [0.2, 0.25) is 5.70 Å². The lowest BCUT2D eigenvalue weighted by atomic mass is 10.1. The molecule has 0 aliphatic carbocycles. The normalized spacial score (nSPS) is 11.5. The Bertz CT molecular complexity index is 480. The summed E-state index contributed by atoms with van der Waals surface area (Å²) in [5.74, 6) is 1.61. The van der Waals surface area contributed by atoms with E-state index in [9.17, 15) is 10.1 Å². The zero-order valence-corrected chi connectivity index (χ0v) is 11.7. The fourth-order valence-electron chi connectivity index (χ4n) is 1.45. The first-order valence-electron chi connectivity index (χ1n) is 6.07. The second-order valence-corrected chi connectivity index (χ2v) is 4.66. The molecule has 0 saturated carbocycles. The molecule has 0 heterocycles. The first-order valence-corrected chi connectivity index (χ1v) is 6.07. The second kappa shape index (κ2) is 6.78. The molecule has 0 amide bonds. The number of hydrogen-bond acceptors (Lipinski definition) is 4. The monoisotopic (exact) mass is 265 g/mol. The van der Waals surface area contributed by atoms with Gasteiger partial charge in [-0.15, -0.1) is 0 Å². The molecule has 0 fully saturated rings. The minimum absolute atomic E-state index is 0.0833. The molecule has 0 atom stereocenters. The van der Waals surface area contributed by atoms with Gasteiger partial charge in [-0.25, -0.2) is 0 Å². The fraction of sp³-hybridized carbons (Fsp3) is 0.429. The number of methoxy groups -OCH3 is 1. The molecule has 0 aromatic heterocycles. The third kappa shape index (κ3) is 4.62. The van der Waals surface area contributed by atoms with Crippen molar-refractivity contribution in [2.75, 3.05) is 13.7 Å². The molecule has 0 radical (unpaired) electrons. The SMILES string of the molecule is COc1ccc(/C=C(\C)[N+](=O)[O-])cc1OCC(C)C. The highest BCUT2D eigenvalue weighted by Crippen LogP contribution is 2.29. The quantitative estimate of drug-likeness (QED) is 0.584. The minimum Gasteiger partial charge on any atom is -0.493 e. The molecule has 19 heavy (non-hydrogen) atoms. The lowest BCUT2D eigenvalue weighted by Gasteiger charge is -2.12. The van der Waals surface area contributed by atoms with Gasteiger partial charge in [-0.05, 0) is 23.6 Å². The summed E-state index contributed by atoms with van der Waals surface area (Å²) in [6.45, 7) is 6.12. The maximum Gasteiger partial charge on any atom is 0.243 e. The van der Waals surface area contributed by atoms with E-state index in [0.29, 0.717) is 29.6 Å². The molecule has 1 aromatic rings. The van der Waals surface area contributed by atoms with Crippen molar-refractivity contribution in [2.24, 2.45) is 5.92 Å². The van der Waals surface area contributed by atoms with Gasteiger partial charge in [0.25, 0.3) is 0 Å². The Morgan fingerprint density at radius 1 is 1.42 bits per heavy atom. The van der Waals surface area contributed by atoms with E-state index in [2.05, 4.69) is 0 Å². The van der Waals surface area contributed by atoms with Crippen molar-refractivity contribution in [2.45, 2.75) is 20.8 Å². The van der Waals surface area contributed by atoms with Crippen LogP contribution in [0.25, 0.3) is 6.08 Å². The summed E-state index contributed by atoms with van der Waals surface area (Å²) in [6.07, 6.45) is 1.50. The highest BCUT2D eigenvalue weighted by atomic mass is 16.6. The van der Waals surface area contributed by atoms with E-state index in [4.69, 9.17) is 9.47 Å². The molecular weight excluding hydrogens is 246 g/mol. The molecule has 1 rings (SSSR count). The average Bonchev–Trinajstić information content (AvgIpc) is 2.36. The predicted octanol–water partition coefficient (Wildman–Crippen LogP) is 3.37. The molecule has 5 nitrogen and oxygen atoms in total. The van der Waals surface area contributed by atoms with Crippen molar-refractivity contribution >= 4 is 6.08 Å². The van der Waals surface area contributed by atoms with Crippen LogP contribution < -0.4 is 9.47 Å². The van der Waals surface area contributed by atoms with Crippen LogP contribution in [-0.2, 0) is 0 Å². The Labute approximate surface area is 113 Å². The number of hydrogen-bond donors (Lipinski definition) is 0. The number of nitrogens with zero attached hydrogens (tertiary/aromatic N) is 1. The third-order valence-electron chi connectivity index (χ3n) is 2.42. The molecule has 0 aliphatic heterocycles. The second-order valence-electron chi connectivity index (χ2n) is 4.66. The Morgan fingerprint density at radius 3 is 2.63 bits per heavy atom. The molecule has 104 valence electrons. The Balaban J connectivity index is 3.01. The van der Waals surface area contributed by atoms with Crippen LogP contribution in [-0.4, -0.2) is 18.6 Å². The van der Waals surface area contributed by atoms with Crippen LogP contribution in [0.1, 0.15) is 26.3 Å². The van der Waals surface area contributed by atoms with E-state index in [0.717, 1.165) is 0 Å².